The second-order valence-corrected chi connectivity index (χ2v) is 6.39. The number of benzene rings is 1. The van der Waals surface area contributed by atoms with Gasteiger partial charge >= 0.3 is 0 Å². The lowest BCUT2D eigenvalue weighted by atomic mass is 9.84. The van der Waals surface area contributed by atoms with Gasteiger partial charge in [0.1, 0.15) is 5.82 Å². The van der Waals surface area contributed by atoms with Crippen molar-refractivity contribution in [2.75, 3.05) is 0 Å². The van der Waals surface area contributed by atoms with Gasteiger partial charge in [-0.05, 0) is 32.8 Å². The molecule has 0 saturated heterocycles. The smallest absolute Gasteiger partial charge is 0.236 e. The molecule has 1 aromatic carbocycles. The summed E-state index contributed by atoms with van der Waals surface area (Å²) >= 11 is 0. The first kappa shape index (κ1) is 16.9. The molecule has 0 atom stereocenters. The number of aromatic nitrogens is 2. The van der Waals surface area contributed by atoms with E-state index in [1.807, 2.05) is 13.8 Å². The van der Waals surface area contributed by atoms with E-state index in [-0.39, 0.29) is 18.2 Å². The molecule has 0 radical (unpaired) electrons. The van der Waals surface area contributed by atoms with Crippen LogP contribution in [-0.4, -0.2) is 10.1 Å². The zero-order valence-electron chi connectivity index (χ0n) is 12.8. The first-order valence-electron chi connectivity index (χ1n) is 7.32. The molecule has 2 aromatic rings. The maximum Gasteiger partial charge on any atom is 0.236 e. The van der Waals surface area contributed by atoms with E-state index in [1.54, 1.807) is 18.2 Å². The summed E-state index contributed by atoms with van der Waals surface area (Å²) in [6, 6.07) is 6.66. The first-order chi connectivity index (χ1) is 9.93. The molecule has 1 aliphatic rings. The highest BCUT2D eigenvalue weighted by Gasteiger charge is 2.39. The topological polar surface area (TPSA) is 64.9 Å². The molecule has 1 saturated carbocycles. The fraction of sp³-hybridized carbons (Fsp3) is 0.500. The van der Waals surface area contributed by atoms with Gasteiger partial charge in [0.25, 0.3) is 0 Å². The van der Waals surface area contributed by atoms with E-state index in [1.165, 1.54) is 6.07 Å². The molecule has 1 aliphatic carbocycles. The molecule has 22 heavy (non-hydrogen) atoms. The summed E-state index contributed by atoms with van der Waals surface area (Å²) in [5.41, 5.74) is 5.70. The third-order valence-electron chi connectivity index (χ3n) is 4.45. The Bertz CT molecular complexity index is 650. The molecule has 3 rings (SSSR count). The van der Waals surface area contributed by atoms with Crippen LogP contribution in [0.15, 0.2) is 28.8 Å². The summed E-state index contributed by atoms with van der Waals surface area (Å²) in [6.45, 7) is 3.75. The SMILES string of the molecule is CC(C)(c1nc(C2(N)CCCC2)no1)c1ccccc1F.Cl. The quantitative estimate of drug-likeness (QED) is 0.934. The number of hydrogen-bond acceptors (Lipinski definition) is 4. The van der Waals surface area contributed by atoms with Crippen molar-refractivity contribution in [1.82, 2.24) is 10.1 Å². The summed E-state index contributed by atoms with van der Waals surface area (Å²) < 4.78 is 19.4. The van der Waals surface area contributed by atoms with Crippen LogP contribution in [0.3, 0.4) is 0 Å². The van der Waals surface area contributed by atoms with E-state index in [0.29, 0.717) is 17.3 Å². The van der Waals surface area contributed by atoms with Gasteiger partial charge in [0, 0.05) is 5.56 Å². The molecule has 0 unspecified atom stereocenters. The van der Waals surface area contributed by atoms with Crippen LogP contribution in [0.25, 0.3) is 0 Å². The minimum atomic E-state index is -0.689. The highest BCUT2D eigenvalue weighted by atomic mass is 35.5. The van der Waals surface area contributed by atoms with E-state index in [2.05, 4.69) is 10.1 Å². The van der Waals surface area contributed by atoms with Crippen LogP contribution >= 0.6 is 12.4 Å². The Morgan fingerprint density at radius 3 is 2.50 bits per heavy atom. The van der Waals surface area contributed by atoms with E-state index in [4.69, 9.17) is 10.3 Å². The van der Waals surface area contributed by atoms with E-state index in [9.17, 15) is 4.39 Å². The van der Waals surface area contributed by atoms with Crippen LogP contribution in [0, 0.1) is 5.82 Å². The molecule has 0 bridgehead atoms. The minimum absolute atomic E-state index is 0. The van der Waals surface area contributed by atoms with Gasteiger partial charge in [-0.15, -0.1) is 12.4 Å². The molecule has 0 spiro atoms. The van der Waals surface area contributed by atoms with Gasteiger partial charge in [-0.25, -0.2) is 4.39 Å². The Morgan fingerprint density at radius 1 is 1.23 bits per heavy atom. The third-order valence-corrected chi connectivity index (χ3v) is 4.45. The number of nitrogens with zero attached hydrogens (tertiary/aromatic N) is 2. The zero-order chi connectivity index (χ0) is 15.1. The zero-order valence-corrected chi connectivity index (χ0v) is 13.6. The van der Waals surface area contributed by atoms with Gasteiger partial charge in [-0.1, -0.05) is 36.2 Å². The fourth-order valence-corrected chi connectivity index (χ4v) is 2.99. The van der Waals surface area contributed by atoms with Gasteiger partial charge in [0.05, 0.1) is 11.0 Å². The van der Waals surface area contributed by atoms with Crippen molar-refractivity contribution in [3.8, 4) is 0 Å². The standard InChI is InChI=1S/C16H20FN3O.ClH/c1-15(2,11-7-3-4-8-12(11)17)14-19-13(20-21-14)16(18)9-5-6-10-16;/h3-4,7-8H,5-6,9-10,18H2,1-2H3;1H. The van der Waals surface area contributed by atoms with Crippen LogP contribution in [0.1, 0.15) is 56.8 Å². The van der Waals surface area contributed by atoms with Gasteiger partial charge in [0.15, 0.2) is 5.82 Å². The van der Waals surface area contributed by atoms with E-state index >= 15 is 0 Å². The van der Waals surface area contributed by atoms with Crippen molar-refractivity contribution >= 4 is 12.4 Å². The Balaban J connectivity index is 0.00000176. The molecule has 0 aliphatic heterocycles. The Morgan fingerprint density at radius 2 is 1.86 bits per heavy atom. The van der Waals surface area contributed by atoms with Gasteiger partial charge < -0.3 is 10.3 Å². The predicted molar refractivity (Wildman–Crippen MR) is 84.4 cm³/mol. The molecule has 0 amide bonds. The summed E-state index contributed by atoms with van der Waals surface area (Å²) in [5, 5.41) is 4.06. The van der Waals surface area contributed by atoms with Gasteiger partial charge in [0.2, 0.25) is 5.89 Å². The maximum atomic E-state index is 14.0. The van der Waals surface area contributed by atoms with E-state index < -0.39 is 11.0 Å². The molecular weight excluding hydrogens is 305 g/mol. The lowest BCUT2D eigenvalue weighted by Crippen LogP contribution is -2.34. The van der Waals surface area contributed by atoms with Crippen molar-refractivity contribution in [2.24, 2.45) is 5.73 Å². The van der Waals surface area contributed by atoms with Crippen LogP contribution in [-0.2, 0) is 11.0 Å². The first-order valence-corrected chi connectivity index (χ1v) is 7.32. The normalized spacial score (nSPS) is 17.3. The van der Waals surface area contributed by atoms with Crippen LogP contribution < -0.4 is 5.73 Å². The fourth-order valence-electron chi connectivity index (χ4n) is 2.99. The van der Waals surface area contributed by atoms with Crippen molar-refractivity contribution in [3.63, 3.8) is 0 Å². The summed E-state index contributed by atoms with van der Waals surface area (Å²) in [6.07, 6.45) is 3.90. The highest BCUT2D eigenvalue weighted by molar-refractivity contribution is 5.85. The molecule has 2 N–H and O–H groups in total. The monoisotopic (exact) mass is 325 g/mol. The van der Waals surface area contributed by atoms with E-state index in [0.717, 1.165) is 25.7 Å². The summed E-state index contributed by atoms with van der Waals surface area (Å²) in [5.74, 6) is 0.671. The predicted octanol–water partition coefficient (Wildman–Crippen LogP) is 3.68. The average Bonchev–Trinajstić information content (AvgIpc) is 3.08. The van der Waals surface area contributed by atoms with Crippen LogP contribution in [0.4, 0.5) is 4.39 Å². The Labute approximate surface area is 135 Å². The van der Waals surface area contributed by atoms with Gasteiger partial charge in [-0.3, -0.25) is 0 Å². The Hall–Kier alpha value is -1.46. The second-order valence-electron chi connectivity index (χ2n) is 6.39. The molecule has 4 nitrogen and oxygen atoms in total. The number of nitrogens with two attached hydrogens (primary N) is 1. The molecule has 1 heterocycles. The molecule has 1 fully saturated rings. The van der Waals surface area contributed by atoms with Crippen molar-refractivity contribution < 1.29 is 8.91 Å². The van der Waals surface area contributed by atoms with Crippen molar-refractivity contribution in [1.29, 1.82) is 0 Å². The molecular formula is C16H21ClFN3O. The molecule has 1 aromatic heterocycles. The van der Waals surface area contributed by atoms with Crippen molar-refractivity contribution in [3.05, 3.63) is 47.4 Å². The minimum Gasteiger partial charge on any atom is -0.338 e. The van der Waals surface area contributed by atoms with Crippen LogP contribution in [0.2, 0.25) is 0 Å². The number of halogens is 2. The lowest BCUT2D eigenvalue weighted by molar-refractivity contribution is 0.315. The molecule has 6 heteroatoms. The average molecular weight is 326 g/mol. The molecule has 120 valence electrons. The highest BCUT2D eigenvalue weighted by Crippen LogP contribution is 2.37. The lowest BCUT2D eigenvalue weighted by Gasteiger charge is -2.21. The largest absolute Gasteiger partial charge is 0.338 e. The second kappa shape index (κ2) is 5.97. The maximum absolute atomic E-state index is 14.0. The summed E-state index contributed by atoms with van der Waals surface area (Å²) in [4.78, 5) is 4.48. The summed E-state index contributed by atoms with van der Waals surface area (Å²) in [7, 11) is 0. The number of rotatable bonds is 3. The number of hydrogen-bond donors (Lipinski definition) is 1. The van der Waals surface area contributed by atoms with Crippen LogP contribution in [0.5, 0.6) is 0 Å². The Kier molecular flexibility index (Phi) is 4.59. The van der Waals surface area contributed by atoms with Crippen molar-refractivity contribution in [2.45, 2.75) is 50.5 Å². The third kappa shape index (κ3) is 2.75. The van der Waals surface area contributed by atoms with Gasteiger partial charge in [-0.2, -0.15) is 4.98 Å².